The standard InChI is InChI=1S/C16H26ClN3O/c1-19(2)14-7-9-20(10-8-14)15-5-3-13(4-6-15)18-12-16(21)11-17/h3-6,14,16,18,21H,7-12H2,1-2H3. The maximum Gasteiger partial charge on any atom is 0.0847 e. The van der Waals surface area contributed by atoms with Crippen molar-refractivity contribution in [2.24, 2.45) is 0 Å². The molecule has 0 bridgehead atoms. The van der Waals surface area contributed by atoms with Gasteiger partial charge in [-0.25, -0.2) is 0 Å². The number of piperidine rings is 1. The monoisotopic (exact) mass is 311 g/mol. The minimum atomic E-state index is -0.503. The molecule has 1 atom stereocenters. The van der Waals surface area contributed by atoms with E-state index in [0.717, 1.165) is 18.8 Å². The molecule has 0 aromatic heterocycles. The van der Waals surface area contributed by atoms with Gasteiger partial charge in [0.05, 0.1) is 12.0 Å². The van der Waals surface area contributed by atoms with Crippen LogP contribution in [0.4, 0.5) is 11.4 Å². The van der Waals surface area contributed by atoms with Gasteiger partial charge in [0, 0.05) is 37.1 Å². The van der Waals surface area contributed by atoms with Crippen LogP contribution in [-0.4, -0.2) is 61.8 Å². The second kappa shape index (κ2) is 7.87. The zero-order valence-electron chi connectivity index (χ0n) is 12.9. The van der Waals surface area contributed by atoms with Gasteiger partial charge in [0.1, 0.15) is 0 Å². The molecule has 1 saturated heterocycles. The minimum Gasteiger partial charge on any atom is -0.390 e. The molecule has 21 heavy (non-hydrogen) atoms. The highest BCUT2D eigenvalue weighted by Crippen LogP contribution is 2.23. The van der Waals surface area contributed by atoms with Gasteiger partial charge in [-0.3, -0.25) is 0 Å². The van der Waals surface area contributed by atoms with Crippen LogP contribution in [-0.2, 0) is 0 Å². The van der Waals surface area contributed by atoms with Gasteiger partial charge in [-0.05, 0) is 51.2 Å². The number of nitrogens with zero attached hydrogens (tertiary/aromatic N) is 2. The molecule has 0 radical (unpaired) electrons. The zero-order chi connectivity index (χ0) is 15.2. The number of anilines is 2. The molecule has 2 N–H and O–H groups in total. The third kappa shape index (κ3) is 4.77. The Labute approximate surface area is 132 Å². The third-order valence-electron chi connectivity index (χ3n) is 4.15. The fourth-order valence-electron chi connectivity index (χ4n) is 2.72. The molecule has 1 aromatic rings. The molecule has 0 aliphatic carbocycles. The molecule has 1 aliphatic heterocycles. The summed E-state index contributed by atoms with van der Waals surface area (Å²) in [5.41, 5.74) is 2.29. The van der Waals surface area contributed by atoms with E-state index in [-0.39, 0.29) is 5.88 Å². The first-order valence-electron chi connectivity index (χ1n) is 7.59. The summed E-state index contributed by atoms with van der Waals surface area (Å²) in [7, 11) is 4.33. The van der Waals surface area contributed by atoms with E-state index in [9.17, 15) is 5.11 Å². The van der Waals surface area contributed by atoms with Crippen molar-refractivity contribution in [1.82, 2.24) is 4.90 Å². The predicted octanol–water partition coefficient (Wildman–Crippen LogP) is 2.23. The van der Waals surface area contributed by atoms with E-state index in [1.807, 2.05) is 0 Å². The smallest absolute Gasteiger partial charge is 0.0847 e. The predicted molar refractivity (Wildman–Crippen MR) is 90.6 cm³/mol. The summed E-state index contributed by atoms with van der Waals surface area (Å²) in [5, 5.41) is 12.6. The fourth-order valence-corrected chi connectivity index (χ4v) is 2.83. The number of aliphatic hydroxyl groups is 1. The molecule has 1 fully saturated rings. The highest BCUT2D eigenvalue weighted by atomic mass is 35.5. The normalized spacial score (nSPS) is 18.0. The average molecular weight is 312 g/mol. The number of hydrogen-bond donors (Lipinski definition) is 2. The van der Waals surface area contributed by atoms with Crippen molar-refractivity contribution in [1.29, 1.82) is 0 Å². The number of rotatable bonds is 6. The van der Waals surface area contributed by atoms with E-state index in [4.69, 9.17) is 11.6 Å². The van der Waals surface area contributed by atoms with E-state index < -0.39 is 6.10 Å². The van der Waals surface area contributed by atoms with Gasteiger partial charge in [0.15, 0.2) is 0 Å². The number of aliphatic hydroxyl groups excluding tert-OH is 1. The Morgan fingerprint density at radius 2 is 1.90 bits per heavy atom. The first kappa shape index (κ1) is 16.4. The van der Waals surface area contributed by atoms with Crippen LogP contribution in [0.15, 0.2) is 24.3 Å². The number of halogens is 1. The van der Waals surface area contributed by atoms with Crippen molar-refractivity contribution in [3.05, 3.63) is 24.3 Å². The molecule has 0 saturated carbocycles. The minimum absolute atomic E-state index is 0.256. The number of hydrogen-bond acceptors (Lipinski definition) is 4. The van der Waals surface area contributed by atoms with Crippen molar-refractivity contribution >= 4 is 23.0 Å². The Morgan fingerprint density at radius 3 is 2.43 bits per heavy atom. The van der Waals surface area contributed by atoms with Crippen LogP contribution < -0.4 is 10.2 Å². The highest BCUT2D eigenvalue weighted by molar-refractivity contribution is 6.18. The lowest BCUT2D eigenvalue weighted by molar-refractivity contribution is 0.211. The molecule has 5 heteroatoms. The second-order valence-electron chi connectivity index (χ2n) is 5.92. The maximum absolute atomic E-state index is 9.44. The SMILES string of the molecule is CN(C)C1CCN(c2ccc(NCC(O)CCl)cc2)CC1. The molecule has 0 amide bonds. The maximum atomic E-state index is 9.44. The highest BCUT2D eigenvalue weighted by Gasteiger charge is 2.20. The number of benzene rings is 1. The van der Waals surface area contributed by atoms with Crippen LogP contribution in [0.3, 0.4) is 0 Å². The van der Waals surface area contributed by atoms with Gasteiger partial charge < -0.3 is 20.2 Å². The summed E-state index contributed by atoms with van der Waals surface area (Å²) in [6, 6.07) is 9.12. The van der Waals surface area contributed by atoms with Crippen molar-refractivity contribution in [3.8, 4) is 0 Å². The fraction of sp³-hybridized carbons (Fsp3) is 0.625. The Hall–Kier alpha value is -0.970. The van der Waals surface area contributed by atoms with Gasteiger partial charge in [-0.15, -0.1) is 11.6 Å². The Kier molecular flexibility index (Phi) is 6.15. The summed E-state index contributed by atoms with van der Waals surface area (Å²) in [5.74, 6) is 0.256. The molecular weight excluding hydrogens is 286 g/mol. The first-order valence-corrected chi connectivity index (χ1v) is 8.13. The van der Waals surface area contributed by atoms with Gasteiger partial charge in [0.25, 0.3) is 0 Å². The lowest BCUT2D eigenvalue weighted by Gasteiger charge is -2.36. The summed E-state index contributed by atoms with van der Waals surface area (Å²) in [4.78, 5) is 4.77. The van der Waals surface area contributed by atoms with Crippen LogP contribution in [0.25, 0.3) is 0 Å². The Bertz CT molecular complexity index is 416. The Morgan fingerprint density at radius 1 is 1.29 bits per heavy atom. The van der Waals surface area contributed by atoms with Crippen molar-refractivity contribution in [3.63, 3.8) is 0 Å². The number of alkyl halides is 1. The van der Waals surface area contributed by atoms with Crippen LogP contribution in [0.2, 0.25) is 0 Å². The van der Waals surface area contributed by atoms with Gasteiger partial charge in [-0.2, -0.15) is 0 Å². The van der Waals surface area contributed by atoms with E-state index in [2.05, 4.69) is 53.5 Å². The zero-order valence-corrected chi connectivity index (χ0v) is 13.7. The topological polar surface area (TPSA) is 38.7 Å². The average Bonchev–Trinajstić information content (AvgIpc) is 2.53. The van der Waals surface area contributed by atoms with Gasteiger partial charge in [-0.1, -0.05) is 0 Å². The van der Waals surface area contributed by atoms with Crippen molar-refractivity contribution < 1.29 is 5.11 Å². The van der Waals surface area contributed by atoms with Crippen molar-refractivity contribution in [2.45, 2.75) is 25.0 Å². The molecule has 4 nitrogen and oxygen atoms in total. The Balaban J connectivity index is 1.85. The molecule has 0 spiro atoms. The summed E-state index contributed by atoms with van der Waals surface area (Å²) in [6.45, 7) is 2.71. The van der Waals surface area contributed by atoms with Crippen LogP contribution in [0.1, 0.15) is 12.8 Å². The molecule has 1 aliphatic rings. The second-order valence-corrected chi connectivity index (χ2v) is 6.23. The quantitative estimate of drug-likeness (QED) is 0.790. The molecule has 2 rings (SSSR count). The van der Waals surface area contributed by atoms with E-state index in [1.54, 1.807) is 0 Å². The molecule has 1 unspecified atom stereocenters. The van der Waals surface area contributed by atoms with Crippen LogP contribution in [0.5, 0.6) is 0 Å². The third-order valence-corrected chi connectivity index (χ3v) is 4.50. The summed E-state index contributed by atoms with van der Waals surface area (Å²) < 4.78 is 0. The number of nitrogens with one attached hydrogen (secondary N) is 1. The molecule has 1 aromatic carbocycles. The lowest BCUT2D eigenvalue weighted by Crippen LogP contribution is -2.41. The van der Waals surface area contributed by atoms with E-state index >= 15 is 0 Å². The van der Waals surface area contributed by atoms with E-state index in [0.29, 0.717) is 12.6 Å². The van der Waals surface area contributed by atoms with Gasteiger partial charge >= 0.3 is 0 Å². The van der Waals surface area contributed by atoms with Crippen LogP contribution >= 0.6 is 11.6 Å². The largest absolute Gasteiger partial charge is 0.390 e. The first-order chi connectivity index (χ1) is 10.1. The van der Waals surface area contributed by atoms with Crippen LogP contribution in [0, 0.1) is 0 Å². The summed E-state index contributed by atoms with van der Waals surface area (Å²) >= 11 is 5.58. The van der Waals surface area contributed by atoms with Gasteiger partial charge in [0.2, 0.25) is 0 Å². The summed E-state index contributed by atoms with van der Waals surface area (Å²) in [6.07, 6.45) is 1.93. The van der Waals surface area contributed by atoms with Crippen molar-refractivity contribution in [2.75, 3.05) is 49.8 Å². The molecule has 118 valence electrons. The molecule has 1 heterocycles. The molecular formula is C16H26ClN3O. The van der Waals surface area contributed by atoms with E-state index in [1.165, 1.54) is 18.5 Å². The lowest BCUT2D eigenvalue weighted by atomic mass is 10.0.